The van der Waals surface area contributed by atoms with Crippen LogP contribution in [0.4, 0.5) is 4.79 Å². The number of rotatable bonds is 8. The summed E-state index contributed by atoms with van der Waals surface area (Å²) in [6.07, 6.45) is -0.700. The third-order valence-electron chi connectivity index (χ3n) is 6.12. The van der Waals surface area contributed by atoms with Crippen LogP contribution in [0.3, 0.4) is 0 Å². The van der Waals surface area contributed by atoms with Gasteiger partial charge in [0.25, 0.3) is 0 Å². The first kappa shape index (κ1) is 25.0. The van der Waals surface area contributed by atoms with E-state index in [0.29, 0.717) is 0 Å². The molecule has 2 aromatic carbocycles. The maximum absolute atomic E-state index is 13.1. The van der Waals surface area contributed by atoms with Crippen LogP contribution in [0.15, 0.2) is 61.2 Å². The molecule has 2 aromatic rings. The molecule has 1 aliphatic rings. The summed E-state index contributed by atoms with van der Waals surface area (Å²) < 4.78 is 15.7. The zero-order valence-corrected chi connectivity index (χ0v) is 19.9. The molecule has 0 N–H and O–H groups in total. The molecule has 3 atom stereocenters. The van der Waals surface area contributed by atoms with Crippen molar-refractivity contribution in [2.45, 2.75) is 32.9 Å². The minimum Gasteiger partial charge on any atom is -0.469 e. The molecule has 1 heterocycles. The van der Waals surface area contributed by atoms with Gasteiger partial charge in [-0.25, -0.2) is 9.59 Å². The van der Waals surface area contributed by atoms with Crippen molar-refractivity contribution in [1.82, 2.24) is 4.90 Å². The number of carbonyl (C=O) groups is 3. The topological polar surface area (TPSA) is 82.1 Å². The molecule has 180 valence electrons. The summed E-state index contributed by atoms with van der Waals surface area (Å²) in [5, 5.41) is 0. The van der Waals surface area contributed by atoms with Crippen molar-refractivity contribution in [2.24, 2.45) is 11.8 Å². The highest BCUT2D eigenvalue weighted by Gasteiger charge is 2.51. The molecule has 1 fully saturated rings. The zero-order valence-electron chi connectivity index (χ0n) is 19.9. The summed E-state index contributed by atoms with van der Waals surface area (Å²) in [4.78, 5) is 39.8. The SMILES string of the molecule is C=C(c1ccc(C)cc1)[C@H]1CN(C(=O)OCc2ccccc2)[C@H](C(=O)OCC)[C@H]1CC(=O)OC. The quantitative estimate of drug-likeness (QED) is 0.425. The van der Waals surface area contributed by atoms with Crippen molar-refractivity contribution in [3.8, 4) is 0 Å². The van der Waals surface area contributed by atoms with Gasteiger partial charge in [0.05, 0.1) is 20.1 Å². The Labute approximate surface area is 200 Å². The predicted molar refractivity (Wildman–Crippen MR) is 128 cm³/mol. The number of amides is 1. The molecule has 0 aliphatic carbocycles. The van der Waals surface area contributed by atoms with Crippen molar-refractivity contribution in [1.29, 1.82) is 0 Å². The first-order chi connectivity index (χ1) is 16.3. The predicted octanol–water partition coefficient (Wildman–Crippen LogP) is 4.39. The highest BCUT2D eigenvalue weighted by Crippen LogP contribution is 2.41. The lowest BCUT2D eigenvalue weighted by molar-refractivity contribution is -0.150. The van der Waals surface area contributed by atoms with Gasteiger partial charge in [0.1, 0.15) is 12.6 Å². The Morgan fingerprint density at radius 2 is 1.71 bits per heavy atom. The highest BCUT2D eigenvalue weighted by atomic mass is 16.6. The van der Waals surface area contributed by atoms with Crippen molar-refractivity contribution >= 4 is 23.6 Å². The number of benzene rings is 2. The summed E-state index contributed by atoms with van der Waals surface area (Å²) >= 11 is 0. The molecule has 1 aliphatic heterocycles. The number of hydrogen-bond donors (Lipinski definition) is 0. The molecule has 1 saturated heterocycles. The van der Waals surface area contributed by atoms with Crippen LogP contribution in [0.2, 0.25) is 0 Å². The molecular weight excluding hydrogens is 434 g/mol. The number of likely N-dealkylation sites (tertiary alicyclic amines) is 1. The van der Waals surface area contributed by atoms with E-state index in [2.05, 4.69) is 6.58 Å². The maximum atomic E-state index is 13.1. The number of hydrogen-bond acceptors (Lipinski definition) is 6. The van der Waals surface area contributed by atoms with Crippen LogP contribution < -0.4 is 0 Å². The van der Waals surface area contributed by atoms with E-state index in [9.17, 15) is 14.4 Å². The van der Waals surface area contributed by atoms with Gasteiger partial charge in [0.2, 0.25) is 0 Å². The van der Waals surface area contributed by atoms with Gasteiger partial charge in [-0.2, -0.15) is 0 Å². The standard InChI is InChI=1S/C27H31NO6/c1-5-33-26(30)25-22(15-24(29)32-4)23(19(3)21-13-11-18(2)12-14-21)16-28(25)27(31)34-17-20-9-7-6-8-10-20/h6-14,22-23,25H,3,5,15-17H2,1-2,4H3/t22-,23+,25-/m0/s1. The number of carbonyl (C=O) groups excluding carboxylic acids is 3. The van der Waals surface area contributed by atoms with E-state index in [4.69, 9.17) is 14.2 Å². The maximum Gasteiger partial charge on any atom is 0.410 e. The van der Waals surface area contributed by atoms with Crippen molar-refractivity contribution < 1.29 is 28.6 Å². The number of methoxy groups -OCH3 is 1. The van der Waals surface area contributed by atoms with Crippen LogP contribution >= 0.6 is 0 Å². The highest BCUT2D eigenvalue weighted by molar-refractivity contribution is 5.85. The van der Waals surface area contributed by atoms with Gasteiger partial charge in [-0.15, -0.1) is 0 Å². The first-order valence-corrected chi connectivity index (χ1v) is 11.3. The molecule has 0 aromatic heterocycles. The molecule has 0 unspecified atom stereocenters. The monoisotopic (exact) mass is 465 g/mol. The lowest BCUT2D eigenvalue weighted by atomic mass is 9.80. The van der Waals surface area contributed by atoms with Gasteiger partial charge in [-0.1, -0.05) is 66.7 Å². The minimum absolute atomic E-state index is 0.0575. The Morgan fingerprint density at radius 3 is 2.32 bits per heavy atom. The molecule has 0 radical (unpaired) electrons. The van der Waals surface area contributed by atoms with Gasteiger partial charge in [-0.05, 0) is 30.5 Å². The average molecular weight is 466 g/mol. The average Bonchev–Trinajstić information content (AvgIpc) is 3.22. The Hall–Kier alpha value is -3.61. The van der Waals surface area contributed by atoms with Crippen molar-refractivity contribution in [3.63, 3.8) is 0 Å². The van der Waals surface area contributed by atoms with Gasteiger partial charge >= 0.3 is 18.0 Å². The summed E-state index contributed by atoms with van der Waals surface area (Å²) in [5.74, 6) is -1.97. The van der Waals surface area contributed by atoms with Crippen LogP contribution in [0.25, 0.3) is 5.57 Å². The minimum atomic E-state index is -0.991. The second-order valence-corrected chi connectivity index (χ2v) is 8.33. The van der Waals surface area contributed by atoms with E-state index >= 15 is 0 Å². The summed E-state index contributed by atoms with van der Waals surface area (Å²) in [6.45, 7) is 8.34. The van der Waals surface area contributed by atoms with Crippen LogP contribution in [0.1, 0.15) is 30.0 Å². The fourth-order valence-corrected chi connectivity index (χ4v) is 4.31. The van der Waals surface area contributed by atoms with E-state index in [1.54, 1.807) is 6.92 Å². The van der Waals surface area contributed by atoms with E-state index < -0.39 is 30.0 Å². The number of ether oxygens (including phenoxy) is 3. The fraction of sp³-hybridized carbons (Fsp3) is 0.370. The van der Waals surface area contributed by atoms with E-state index in [1.165, 1.54) is 12.0 Å². The Kier molecular flexibility index (Phi) is 8.46. The number of aryl methyl sites for hydroxylation is 1. The van der Waals surface area contributed by atoms with E-state index in [-0.39, 0.29) is 32.1 Å². The lowest BCUT2D eigenvalue weighted by Crippen LogP contribution is -2.45. The third kappa shape index (κ3) is 5.84. The molecule has 3 rings (SSSR count). The van der Waals surface area contributed by atoms with Crippen molar-refractivity contribution in [3.05, 3.63) is 77.9 Å². The molecule has 7 nitrogen and oxygen atoms in total. The Bertz CT molecular complexity index is 1020. The van der Waals surface area contributed by atoms with E-state index in [1.807, 2.05) is 61.5 Å². The first-order valence-electron chi connectivity index (χ1n) is 11.3. The van der Waals surface area contributed by atoms with Crippen LogP contribution in [0.5, 0.6) is 0 Å². The van der Waals surface area contributed by atoms with Crippen LogP contribution in [-0.4, -0.2) is 49.2 Å². The van der Waals surface area contributed by atoms with Gasteiger partial charge in [-0.3, -0.25) is 9.69 Å². The largest absolute Gasteiger partial charge is 0.469 e. The van der Waals surface area contributed by atoms with Gasteiger partial charge in [0.15, 0.2) is 0 Å². The molecule has 0 bridgehead atoms. The van der Waals surface area contributed by atoms with Crippen LogP contribution in [-0.2, 0) is 30.4 Å². The molecular formula is C27H31NO6. The molecule has 1 amide bonds. The zero-order chi connectivity index (χ0) is 24.7. The second-order valence-electron chi connectivity index (χ2n) is 8.33. The molecule has 0 spiro atoms. The summed E-state index contributed by atoms with van der Waals surface area (Å²) in [5.41, 5.74) is 3.55. The lowest BCUT2D eigenvalue weighted by Gasteiger charge is -2.26. The second kappa shape index (κ2) is 11.5. The van der Waals surface area contributed by atoms with Gasteiger partial charge < -0.3 is 14.2 Å². The van der Waals surface area contributed by atoms with Crippen molar-refractivity contribution in [2.75, 3.05) is 20.3 Å². The number of esters is 2. The molecule has 34 heavy (non-hydrogen) atoms. The van der Waals surface area contributed by atoms with Gasteiger partial charge in [0, 0.05) is 18.4 Å². The summed E-state index contributed by atoms with van der Waals surface area (Å²) in [6, 6.07) is 16.1. The Morgan fingerprint density at radius 1 is 1.03 bits per heavy atom. The third-order valence-corrected chi connectivity index (χ3v) is 6.12. The van der Waals surface area contributed by atoms with Crippen LogP contribution in [0, 0.1) is 18.8 Å². The normalized spacial score (nSPS) is 19.4. The molecule has 7 heteroatoms. The summed E-state index contributed by atoms with van der Waals surface area (Å²) in [7, 11) is 1.30. The smallest absolute Gasteiger partial charge is 0.410 e. The number of nitrogens with zero attached hydrogens (tertiary/aromatic N) is 1. The molecule has 0 saturated carbocycles. The Balaban J connectivity index is 1.91. The van der Waals surface area contributed by atoms with E-state index in [0.717, 1.165) is 22.3 Å². The fourth-order valence-electron chi connectivity index (χ4n) is 4.31.